The summed E-state index contributed by atoms with van der Waals surface area (Å²) in [5.41, 5.74) is 3.74. The fourth-order valence-electron chi connectivity index (χ4n) is 2.17. The summed E-state index contributed by atoms with van der Waals surface area (Å²) in [7, 11) is 0. The molecule has 1 fully saturated rings. The van der Waals surface area contributed by atoms with E-state index >= 15 is 0 Å². The van der Waals surface area contributed by atoms with E-state index in [0.29, 0.717) is 5.69 Å². The molecule has 0 spiro atoms. The third-order valence-electron chi connectivity index (χ3n) is 2.70. The number of rotatable bonds is 1. The van der Waals surface area contributed by atoms with Crippen LogP contribution in [0.3, 0.4) is 0 Å². The van der Waals surface area contributed by atoms with Crippen molar-refractivity contribution in [1.29, 1.82) is 0 Å². The Kier molecular flexibility index (Phi) is 2.42. The molecule has 1 aliphatic heterocycles. The lowest BCUT2D eigenvalue weighted by molar-refractivity contribution is -0.115. The van der Waals surface area contributed by atoms with Gasteiger partial charge in [-0.05, 0) is 31.9 Å². The van der Waals surface area contributed by atoms with Gasteiger partial charge in [-0.15, -0.1) is 0 Å². The summed E-state index contributed by atoms with van der Waals surface area (Å²) in [6, 6.07) is 3.61. The molecule has 1 N–H and O–H groups in total. The van der Waals surface area contributed by atoms with Crippen LogP contribution >= 0.6 is 0 Å². The molecule has 1 heterocycles. The topological polar surface area (TPSA) is 49.4 Å². The van der Waals surface area contributed by atoms with Crippen molar-refractivity contribution in [2.75, 3.05) is 11.4 Å². The van der Waals surface area contributed by atoms with E-state index in [1.54, 1.807) is 0 Å². The Bertz CT molecular complexity index is 441. The number of benzene rings is 1. The zero-order valence-corrected chi connectivity index (χ0v) is 9.63. The van der Waals surface area contributed by atoms with Gasteiger partial charge in [-0.25, -0.2) is 9.69 Å². The minimum absolute atomic E-state index is 0.0889. The predicted octanol–water partition coefficient (Wildman–Crippen LogP) is 1.67. The monoisotopic (exact) mass is 218 g/mol. The average molecular weight is 218 g/mol. The standard InChI is InChI=1S/C12H14N2O2/c1-7-4-8(2)11(9(3)5-7)14-10(15)6-13-12(14)16/h4-5H,6H2,1-3H3,(H,13,16). The van der Waals surface area contributed by atoms with Crippen molar-refractivity contribution in [3.05, 3.63) is 28.8 Å². The third-order valence-corrected chi connectivity index (χ3v) is 2.70. The number of imide groups is 1. The van der Waals surface area contributed by atoms with Gasteiger partial charge >= 0.3 is 6.03 Å². The van der Waals surface area contributed by atoms with Crippen molar-refractivity contribution in [1.82, 2.24) is 5.32 Å². The van der Waals surface area contributed by atoms with Crippen LogP contribution in [0.1, 0.15) is 16.7 Å². The van der Waals surface area contributed by atoms with Crippen molar-refractivity contribution in [3.63, 3.8) is 0 Å². The maximum absolute atomic E-state index is 11.6. The number of carbonyl (C=O) groups is 2. The lowest BCUT2D eigenvalue weighted by Gasteiger charge is -2.18. The summed E-state index contributed by atoms with van der Waals surface area (Å²) in [5.74, 6) is -0.194. The maximum Gasteiger partial charge on any atom is 0.329 e. The summed E-state index contributed by atoms with van der Waals surface area (Å²) >= 11 is 0. The first-order chi connectivity index (χ1) is 7.50. The third kappa shape index (κ3) is 1.56. The summed E-state index contributed by atoms with van der Waals surface area (Å²) in [6.07, 6.45) is 0. The number of aryl methyl sites for hydroxylation is 3. The Morgan fingerprint density at radius 1 is 1.12 bits per heavy atom. The van der Waals surface area contributed by atoms with Crippen LogP contribution in [0.25, 0.3) is 0 Å². The highest BCUT2D eigenvalue weighted by Gasteiger charge is 2.31. The van der Waals surface area contributed by atoms with E-state index in [0.717, 1.165) is 16.7 Å². The Morgan fingerprint density at radius 3 is 2.12 bits per heavy atom. The second kappa shape index (κ2) is 3.63. The minimum atomic E-state index is -0.333. The molecule has 1 aromatic carbocycles. The highest BCUT2D eigenvalue weighted by Crippen LogP contribution is 2.27. The van der Waals surface area contributed by atoms with Crippen LogP contribution in [-0.2, 0) is 4.79 Å². The molecule has 0 aliphatic carbocycles. The Morgan fingerprint density at radius 2 is 1.69 bits per heavy atom. The molecule has 1 aliphatic rings. The second-order valence-corrected chi connectivity index (χ2v) is 4.14. The molecule has 4 nitrogen and oxygen atoms in total. The fourth-order valence-corrected chi connectivity index (χ4v) is 2.17. The average Bonchev–Trinajstić information content (AvgIpc) is 2.47. The Labute approximate surface area is 94.2 Å². The van der Waals surface area contributed by atoms with Gasteiger partial charge in [-0.1, -0.05) is 17.7 Å². The lowest BCUT2D eigenvalue weighted by Crippen LogP contribution is -2.32. The molecular weight excluding hydrogens is 204 g/mol. The first kappa shape index (κ1) is 10.7. The molecule has 0 atom stereocenters. The molecule has 3 amide bonds. The normalized spacial score (nSPS) is 15.6. The zero-order valence-electron chi connectivity index (χ0n) is 9.63. The van der Waals surface area contributed by atoms with Crippen LogP contribution in [0.2, 0.25) is 0 Å². The van der Waals surface area contributed by atoms with E-state index in [4.69, 9.17) is 0 Å². The van der Waals surface area contributed by atoms with Crippen molar-refractivity contribution >= 4 is 17.6 Å². The van der Waals surface area contributed by atoms with E-state index in [1.807, 2.05) is 32.9 Å². The molecule has 0 radical (unpaired) electrons. The van der Waals surface area contributed by atoms with E-state index in [-0.39, 0.29) is 18.5 Å². The van der Waals surface area contributed by atoms with Crippen LogP contribution in [0, 0.1) is 20.8 Å². The predicted molar refractivity (Wildman–Crippen MR) is 61.5 cm³/mol. The van der Waals surface area contributed by atoms with Crippen molar-refractivity contribution < 1.29 is 9.59 Å². The van der Waals surface area contributed by atoms with Gasteiger partial charge in [-0.2, -0.15) is 0 Å². The number of hydrogen-bond acceptors (Lipinski definition) is 2. The number of hydrogen-bond donors (Lipinski definition) is 1. The Balaban J connectivity index is 2.55. The zero-order chi connectivity index (χ0) is 11.9. The van der Waals surface area contributed by atoms with E-state index in [1.165, 1.54) is 4.90 Å². The van der Waals surface area contributed by atoms with Gasteiger partial charge in [0.2, 0.25) is 0 Å². The molecule has 2 rings (SSSR count). The highest BCUT2D eigenvalue weighted by atomic mass is 16.2. The van der Waals surface area contributed by atoms with Crippen LogP contribution in [0.5, 0.6) is 0 Å². The van der Waals surface area contributed by atoms with Gasteiger partial charge in [0.05, 0.1) is 12.2 Å². The van der Waals surface area contributed by atoms with Crippen molar-refractivity contribution in [3.8, 4) is 0 Å². The van der Waals surface area contributed by atoms with Crippen LogP contribution in [0.15, 0.2) is 12.1 Å². The summed E-state index contributed by atoms with van der Waals surface area (Å²) < 4.78 is 0. The van der Waals surface area contributed by atoms with Crippen LogP contribution in [-0.4, -0.2) is 18.5 Å². The van der Waals surface area contributed by atoms with Gasteiger partial charge in [0, 0.05) is 0 Å². The lowest BCUT2D eigenvalue weighted by atomic mass is 10.0. The summed E-state index contributed by atoms with van der Waals surface area (Å²) in [6.45, 7) is 5.91. The summed E-state index contributed by atoms with van der Waals surface area (Å²) in [4.78, 5) is 24.4. The quantitative estimate of drug-likeness (QED) is 0.729. The van der Waals surface area contributed by atoms with Gasteiger partial charge < -0.3 is 5.32 Å². The molecule has 0 bridgehead atoms. The first-order valence-corrected chi connectivity index (χ1v) is 5.19. The van der Waals surface area contributed by atoms with Crippen LogP contribution < -0.4 is 10.2 Å². The molecule has 0 saturated carbocycles. The maximum atomic E-state index is 11.6. The smallest absolute Gasteiger partial charge is 0.328 e. The Hall–Kier alpha value is -1.84. The summed E-state index contributed by atoms with van der Waals surface area (Å²) in [5, 5.41) is 2.52. The van der Waals surface area contributed by atoms with Gasteiger partial charge in [0.1, 0.15) is 0 Å². The first-order valence-electron chi connectivity index (χ1n) is 5.19. The minimum Gasteiger partial charge on any atom is -0.328 e. The van der Waals surface area contributed by atoms with E-state index < -0.39 is 0 Å². The largest absolute Gasteiger partial charge is 0.329 e. The van der Waals surface area contributed by atoms with Crippen molar-refractivity contribution in [2.24, 2.45) is 0 Å². The molecule has 4 heteroatoms. The van der Waals surface area contributed by atoms with Gasteiger partial charge in [0.25, 0.3) is 5.91 Å². The number of carbonyl (C=O) groups excluding carboxylic acids is 2. The van der Waals surface area contributed by atoms with Gasteiger partial charge in [0.15, 0.2) is 0 Å². The fraction of sp³-hybridized carbons (Fsp3) is 0.333. The van der Waals surface area contributed by atoms with Gasteiger partial charge in [-0.3, -0.25) is 4.79 Å². The van der Waals surface area contributed by atoms with E-state index in [9.17, 15) is 9.59 Å². The number of amides is 3. The second-order valence-electron chi connectivity index (χ2n) is 4.14. The molecule has 16 heavy (non-hydrogen) atoms. The number of anilines is 1. The highest BCUT2D eigenvalue weighted by molar-refractivity contribution is 6.20. The molecule has 1 aromatic rings. The molecular formula is C12H14N2O2. The van der Waals surface area contributed by atoms with Crippen LogP contribution in [0.4, 0.5) is 10.5 Å². The molecule has 84 valence electrons. The number of nitrogens with one attached hydrogen (secondary N) is 1. The SMILES string of the molecule is Cc1cc(C)c(N2C(=O)CNC2=O)c(C)c1. The molecule has 0 aromatic heterocycles. The molecule has 0 unspecified atom stereocenters. The number of urea groups is 1. The number of nitrogens with zero attached hydrogens (tertiary/aromatic N) is 1. The molecule has 1 saturated heterocycles. The van der Waals surface area contributed by atoms with Crippen molar-refractivity contribution in [2.45, 2.75) is 20.8 Å². The van der Waals surface area contributed by atoms with E-state index in [2.05, 4.69) is 5.32 Å².